The van der Waals surface area contributed by atoms with Gasteiger partial charge < -0.3 is 4.74 Å². The molecule has 1 aliphatic heterocycles. The maximum Gasteiger partial charge on any atom is 0.309 e. The SMILES string of the molecule is CCCC1CC(c2ccccc2)OC1=O. The summed E-state index contributed by atoms with van der Waals surface area (Å²) in [5.74, 6) is 0.0888. The second kappa shape index (κ2) is 4.47. The summed E-state index contributed by atoms with van der Waals surface area (Å²) in [4.78, 5) is 11.5. The van der Waals surface area contributed by atoms with E-state index >= 15 is 0 Å². The van der Waals surface area contributed by atoms with Crippen molar-refractivity contribution < 1.29 is 9.53 Å². The number of hydrogen-bond acceptors (Lipinski definition) is 2. The standard InChI is InChI=1S/C13H16O2/c1-2-6-11-9-12(15-13(11)14)10-7-4-3-5-8-10/h3-5,7-8,11-12H,2,6,9H2,1H3. The first-order valence-corrected chi connectivity index (χ1v) is 5.56. The van der Waals surface area contributed by atoms with E-state index in [9.17, 15) is 4.79 Å². The van der Waals surface area contributed by atoms with Gasteiger partial charge in [0.05, 0.1) is 5.92 Å². The van der Waals surface area contributed by atoms with Crippen LogP contribution in [0.4, 0.5) is 0 Å². The molecule has 0 saturated carbocycles. The van der Waals surface area contributed by atoms with Crippen LogP contribution < -0.4 is 0 Å². The second-order valence-electron chi connectivity index (χ2n) is 4.06. The molecule has 1 aromatic rings. The van der Waals surface area contributed by atoms with Crippen molar-refractivity contribution in [1.29, 1.82) is 0 Å². The fourth-order valence-electron chi connectivity index (χ4n) is 2.10. The van der Waals surface area contributed by atoms with Gasteiger partial charge in [-0.05, 0) is 12.0 Å². The third-order valence-corrected chi connectivity index (χ3v) is 2.90. The Hall–Kier alpha value is -1.31. The molecular weight excluding hydrogens is 188 g/mol. The van der Waals surface area contributed by atoms with Crippen LogP contribution in [0.2, 0.25) is 0 Å². The van der Waals surface area contributed by atoms with Crippen LogP contribution in [0.1, 0.15) is 37.9 Å². The predicted molar refractivity (Wildman–Crippen MR) is 58.3 cm³/mol. The minimum atomic E-state index is -0.0225. The van der Waals surface area contributed by atoms with E-state index in [0.29, 0.717) is 0 Å². The van der Waals surface area contributed by atoms with E-state index in [1.165, 1.54) is 0 Å². The molecule has 1 heterocycles. The highest BCUT2D eigenvalue weighted by Gasteiger charge is 2.34. The van der Waals surface area contributed by atoms with Gasteiger partial charge >= 0.3 is 5.97 Å². The van der Waals surface area contributed by atoms with E-state index in [-0.39, 0.29) is 18.0 Å². The van der Waals surface area contributed by atoms with Crippen molar-refractivity contribution in [1.82, 2.24) is 0 Å². The van der Waals surface area contributed by atoms with Gasteiger partial charge in [-0.3, -0.25) is 4.79 Å². The molecular formula is C13H16O2. The zero-order chi connectivity index (χ0) is 10.7. The van der Waals surface area contributed by atoms with Crippen LogP contribution in [-0.4, -0.2) is 5.97 Å². The largest absolute Gasteiger partial charge is 0.457 e. The minimum absolute atomic E-state index is 0.0183. The van der Waals surface area contributed by atoms with Crippen molar-refractivity contribution >= 4 is 5.97 Å². The van der Waals surface area contributed by atoms with Gasteiger partial charge in [0.15, 0.2) is 0 Å². The lowest BCUT2D eigenvalue weighted by molar-refractivity contribution is -0.144. The molecule has 0 aliphatic carbocycles. The molecule has 2 heteroatoms. The van der Waals surface area contributed by atoms with Gasteiger partial charge in [-0.1, -0.05) is 43.7 Å². The summed E-state index contributed by atoms with van der Waals surface area (Å²) in [7, 11) is 0. The van der Waals surface area contributed by atoms with Gasteiger partial charge in [0.1, 0.15) is 6.10 Å². The number of carbonyl (C=O) groups is 1. The van der Waals surface area contributed by atoms with Crippen molar-refractivity contribution in [2.45, 2.75) is 32.3 Å². The molecule has 2 unspecified atom stereocenters. The van der Waals surface area contributed by atoms with E-state index in [1.807, 2.05) is 30.3 Å². The lowest BCUT2D eigenvalue weighted by Crippen LogP contribution is -2.06. The molecule has 1 fully saturated rings. The first kappa shape index (κ1) is 10.2. The molecule has 0 radical (unpaired) electrons. The van der Waals surface area contributed by atoms with Crippen LogP contribution in [0.25, 0.3) is 0 Å². The molecule has 2 atom stereocenters. The number of rotatable bonds is 3. The van der Waals surface area contributed by atoms with Gasteiger partial charge in [-0.2, -0.15) is 0 Å². The number of cyclic esters (lactones) is 1. The monoisotopic (exact) mass is 204 g/mol. The molecule has 80 valence electrons. The summed E-state index contributed by atoms with van der Waals surface area (Å²) in [6.07, 6.45) is 2.82. The van der Waals surface area contributed by atoms with Crippen molar-refractivity contribution in [3.8, 4) is 0 Å². The Morgan fingerprint density at radius 3 is 2.73 bits per heavy atom. The minimum Gasteiger partial charge on any atom is -0.457 e. The second-order valence-corrected chi connectivity index (χ2v) is 4.06. The summed E-state index contributed by atoms with van der Waals surface area (Å²) < 4.78 is 5.37. The van der Waals surface area contributed by atoms with Gasteiger partial charge in [-0.15, -0.1) is 0 Å². The summed E-state index contributed by atoms with van der Waals surface area (Å²) in [6, 6.07) is 9.98. The first-order chi connectivity index (χ1) is 7.31. The zero-order valence-corrected chi connectivity index (χ0v) is 8.98. The average Bonchev–Trinajstić information content (AvgIpc) is 2.63. The van der Waals surface area contributed by atoms with Crippen LogP contribution in [0, 0.1) is 5.92 Å². The summed E-state index contributed by atoms with van der Waals surface area (Å²) in [5.41, 5.74) is 1.12. The number of ether oxygens (including phenoxy) is 1. The van der Waals surface area contributed by atoms with Crippen LogP contribution in [0.5, 0.6) is 0 Å². The van der Waals surface area contributed by atoms with Gasteiger partial charge in [-0.25, -0.2) is 0 Å². The number of carbonyl (C=O) groups excluding carboxylic acids is 1. The lowest BCUT2D eigenvalue weighted by Gasteiger charge is -2.08. The van der Waals surface area contributed by atoms with Gasteiger partial charge in [0, 0.05) is 6.42 Å². The first-order valence-electron chi connectivity index (χ1n) is 5.56. The summed E-state index contributed by atoms with van der Waals surface area (Å²) in [6.45, 7) is 2.10. The summed E-state index contributed by atoms with van der Waals surface area (Å²) in [5, 5.41) is 0. The molecule has 2 rings (SSSR count). The fraction of sp³-hybridized carbons (Fsp3) is 0.462. The van der Waals surface area contributed by atoms with E-state index in [0.717, 1.165) is 24.8 Å². The predicted octanol–water partition coefficient (Wildman–Crippen LogP) is 3.09. The highest BCUT2D eigenvalue weighted by atomic mass is 16.5. The molecule has 1 saturated heterocycles. The van der Waals surface area contributed by atoms with Crippen molar-refractivity contribution in [2.24, 2.45) is 5.92 Å². The third-order valence-electron chi connectivity index (χ3n) is 2.90. The fourth-order valence-corrected chi connectivity index (χ4v) is 2.10. The highest BCUT2D eigenvalue weighted by Crippen LogP contribution is 2.35. The van der Waals surface area contributed by atoms with E-state index in [4.69, 9.17) is 4.74 Å². The Labute approximate surface area is 90.3 Å². The topological polar surface area (TPSA) is 26.3 Å². The van der Waals surface area contributed by atoms with E-state index in [1.54, 1.807) is 0 Å². The Kier molecular flexibility index (Phi) is 3.05. The molecule has 0 amide bonds. The van der Waals surface area contributed by atoms with Crippen molar-refractivity contribution in [3.05, 3.63) is 35.9 Å². The molecule has 0 N–H and O–H groups in total. The smallest absolute Gasteiger partial charge is 0.309 e. The van der Waals surface area contributed by atoms with E-state index < -0.39 is 0 Å². The van der Waals surface area contributed by atoms with Crippen LogP contribution in [-0.2, 0) is 9.53 Å². The third kappa shape index (κ3) is 2.20. The van der Waals surface area contributed by atoms with Crippen LogP contribution in [0.3, 0.4) is 0 Å². The highest BCUT2D eigenvalue weighted by molar-refractivity contribution is 5.74. The van der Waals surface area contributed by atoms with Crippen molar-refractivity contribution in [3.63, 3.8) is 0 Å². The van der Waals surface area contributed by atoms with E-state index in [2.05, 4.69) is 6.92 Å². The Morgan fingerprint density at radius 1 is 1.33 bits per heavy atom. The summed E-state index contributed by atoms with van der Waals surface area (Å²) >= 11 is 0. The van der Waals surface area contributed by atoms with Gasteiger partial charge in [0.2, 0.25) is 0 Å². The molecule has 0 bridgehead atoms. The van der Waals surface area contributed by atoms with Crippen LogP contribution >= 0.6 is 0 Å². The Balaban J connectivity index is 2.06. The molecule has 15 heavy (non-hydrogen) atoms. The maximum absolute atomic E-state index is 11.5. The number of esters is 1. The number of benzene rings is 1. The average molecular weight is 204 g/mol. The van der Waals surface area contributed by atoms with Crippen LogP contribution in [0.15, 0.2) is 30.3 Å². The molecule has 1 aliphatic rings. The molecule has 1 aromatic carbocycles. The molecule has 2 nitrogen and oxygen atoms in total. The molecule has 0 spiro atoms. The quantitative estimate of drug-likeness (QED) is 0.707. The van der Waals surface area contributed by atoms with Crippen molar-refractivity contribution in [2.75, 3.05) is 0 Å². The lowest BCUT2D eigenvalue weighted by atomic mass is 9.97. The van der Waals surface area contributed by atoms with Gasteiger partial charge in [0.25, 0.3) is 0 Å². The number of hydrogen-bond donors (Lipinski definition) is 0. The Morgan fingerprint density at radius 2 is 2.07 bits per heavy atom. The maximum atomic E-state index is 11.5. The normalized spacial score (nSPS) is 25.3. The Bertz CT molecular complexity index is 332. The molecule has 0 aromatic heterocycles. The zero-order valence-electron chi connectivity index (χ0n) is 8.98.